The van der Waals surface area contributed by atoms with Crippen LogP contribution in [0.2, 0.25) is 0 Å². The zero-order chi connectivity index (χ0) is 17.5. The number of nitrogens with two attached hydrogens (primary N) is 1. The number of amides is 1. The summed E-state index contributed by atoms with van der Waals surface area (Å²) < 4.78 is 22.5. The van der Waals surface area contributed by atoms with Crippen LogP contribution in [0.15, 0.2) is 46.3 Å². The number of benzene rings is 2. The maximum Gasteiger partial charge on any atom is 0.238 e. The molecule has 0 saturated heterocycles. The highest BCUT2D eigenvalue weighted by Gasteiger charge is 2.30. The van der Waals surface area contributed by atoms with Gasteiger partial charge in [0.15, 0.2) is 0 Å². The topological polar surface area (TPSA) is 102 Å². The first-order valence-corrected chi connectivity index (χ1v) is 8.89. The van der Waals surface area contributed by atoms with Gasteiger partial charge in [-0.05, 0) is 49.2 Å². The lowest BCUT2D eigenvalue weighted by atomic mass is 9.97. The maximum absolute atomic E-state index is 12.2. The van der Waals surface area contributed by atoms with Gasteiger partial charge in [0.2, 0.25) is 15.9 Å². The second kappa shape index (κ2) is 5.85. The van der Waals surface area contributed by atoms with Crippen molar-refractivity contribution in [2.45, 2.75) is 24.7 Å². The summed E-state index contributed by atoms with van der Waals surface area (Å²) in [5.74, 6) is -0.583. The Bertz CT molecular complexity index is 948. The molecule has 6 nitrogen and oxygen atoms in total. The Morgan fingerprint density at radius 3 is 2.46 bits per heavy atom. The molecule has 0 aliphatic carbocycles. The van der Waals surface area contributed by atoms with Crippen molar-refractivity contribution in [3.05, 3.63) is 53.1 Å². The van der Waals surface area contributed by atoms with E-state index in [4.69, 9.17) is 5.14 Å². The van der Waals surface area contributed by atoms with Gasteiger partial charge < -0.3 is 5.32 Å². The van der Waals surface area contributed by atoms with Crippen LogP contribution < -0.4 is 10.5 Å². The molecule has 1 aliphatic heterocycles. The minimum absolute atomic E-state index is 0.0247. The van der Waals surface area contributed by atoms with Crippen LogP contribution in [0, 0.1) is 13.8 Å². The minimum Gasteiger partial charge on any atom is -0.325 e. The Labute approximate surface area is 140 Å². The molecule has 2 aromatic carbocycles. The monoisotopic (exact) mass is 343 g/mol. The van der Waals surface area contributed by atoms with Crippen molar-refractivity contribution in [1.29, 1.82) is 0 Å². The second-order valence-electron chi connectivity index (χ2n) is 5.83. The Morgan fingerprint density at radius 2 is 1.83 bits per heavy atom. The first kappa shape index (κ1) is 16.4. The van der Waals surface area contributed by atoms with Gasteiger partial charge in [0.25, 0.3) is 0 Å². The van der Waals surface area contributed by atoms with E-state index < -0.39 is 15.9 Å². The number of sulfonamides is 1. The third-order valence-corrected chi connectivity index (χ3v) is 4.84. The SMILES string of the molecule is Cc1cc(C)c2c(c1)C(C=Nc1ccc(S(N)(=O)=O)cc1)C(=O)N2. The number of carbonyl (C=O) groups excluding carboxylic acids is 1. The molecule has 1 unspecified atom stereocenters. The number of rotatable bonds is 3. The highest BCUT2D eigenvalue weighted by atomic mass is 32.2. The number of nitrogens with zero attached hydrogens (tertiary/aromatic N) is 1. The van der Waals surface area contributed by atoms with Crippen LogP contribution in [-0.2, 0) is 14.8 Å². The summed E-state index contributed by atoms with van der Waals surface area (Å²) in [5.41, 5.74) is 4.40. The van der Waals surface area contributed by atoms with Crippen LogP contribution in [0.25, 0.3) is 0 Å². The fraction of sp³-hybridized carbons (Fsp3) is 0.176. The molecular weight excluding hydrogens is 326 g/mol. The average molecular weight is 343 g/mol. The maximum atomic E-state index is 12.2. The van der Waals surface area contributed by atoms with Crippen LogP contribution in [0.1, 0.15) is 22.6 Å². The predicted molar refractivity (Wildman–Crippen MR) is 93.3 cm³/mol. The number of fused-ring (bicyclic) bond motifs is 1. The highest BCUT2D eigenvalue weighted by molar-refractivity contribution is 7.89. The molecule has 3 rings (SSSR count). The van der Waals surface area contributed by atoms with E-state index in [0.717, 1.165) is 22.4 Å². The van der Waals surface area contributed by atoms with Crippen LogP contribution in [0.4, 0.5) is 11.4 Å². The zero-order valence-corrected chi connectivity index (χ0v) is 14.1. The molecule has 0 radical (unpaired) electrons. The first-order valence-electron chi connectivity index (χ1n) is 7.35. The summed E-state index contributed by atoms with van der Waals surface area (Å²) in [4.78, 5) is 16.5. The number of nitrogens with one attached hydrogen (secondary N) is 1. The summed E-state index contributed by atoms with van der Waals surface area (Å²) in [6.07, 6.45) is 1.58. The van der Waals surface area contributed by atoms with Crippen molar-refractivity contribution in [2.24, 2.45) is 10.1 Å². The number of primary sulfonamides is 1. The zero-order valence-electron chi connectivity index (χ0n) is 13.3. The quantitative estimate of drug-likeness (QED) is 0.837. The Morgan fingerprint density at radius 1 is 1.17 bits per heavy atom. The molecule has 0 bridgehead atoms. The van der Waals surface area contributed by atoms with Gasteiger partial charge in [-0.3, -0.25) is 9.79 Å². The van der Waals surface area contributed by atoms with Gasteiger partial charge in [-0.1, -0.05) is 17.7 Å². The molecule has 1 atom stereocenters. The van der Waals surface area contributed by atoms with Crippen LogP contribution in [-0.4, -0.2) is 20.5 Å². The molecule has 3 N–H and O–H groups in total. The normalized spacial score (nSPS) is 17.1. The molecule has 0 spiro atoms. The van der Waals surface area contributed by atoms with Gasteiger partial charge in [-0.2, -0.15) is 0 Å². The summed E-state index contributed by atoms with van der Waals surface area (Å²) >= 11 is 0. The fourth-order valence-corrected chi connectivity index (χ4v) is 3.30. The molecule has 0 aromatic heterocycles. The second-order valence-corrected chi connectivity index (χ2v) is 7.39. The average Bonchev–Trinajstić information content (AvgIpc) is 2.81. The van der Waals surface area contributed by atoms with E-state index in [1.807, 2.05) is 26.0 Å². The van der Waals surface area contributed by atoms with Crippen molar-refractivity contribution in [1.82, 2.24) is 0 Å². The van der Waals surface area contributed by atoms with Crippen molar-refractivity contribution >= 4 is 33.5 Å². The molecule has 7 heteroatoms. The fourth-order valence-electron chi connectivity index (χ4n) is 2.79. The van der Waals surface area contributed by atoms with Crippen molar-refractivity contribution < 1.29 is 13.2 Å². The number of aliphatic imine (C=N–C) groups is 1. The molecule has 24 heavy (non-hydrogen) atoms. The largest absolute Gasteiger partial charge is 0.325 e. The summed E-state index contributed by atoms with van der Waals surface area (Å²) in [6, 6.07) is 9.86. The standard InChI is InChI=1S/C17H17N3O3S/c1-10-7-11(2)16-14(8-10)15(17(21)20-16)9-19-12-3-5-13(6-4-12)24(18,22)23/h3-9,15H,1-2H3,(H,20,21)(H2,18,22,23). The van der Waals surface area contributed by atoms with Crippen LogP contribution >= 0.6 is 0 Å². The lowest BCUT2D eigenvalue weighted by Gasteiger charge is -2.06. The summed E-state index contributed by atoms with van der Waals surface area (Å²) in [5, 5.41) is 7.94. The molecule has 0 saturated carbocycles. The number of carbonyl (C=O) groups is 1. The number of anilines is 1. The summed E-state index contributed by atoms with van der Waals surface area (Å²) in [7, 11) is -3.72. The van der Waals surface area contributed by atoms with E-state index in [-0.39, 0.29) is 10.8 Å². The predicted octanol–water partition coefficient (Wildman–Crippen LogP) is 2.39. The van der Waals surface area contributed by atoms with Crippen molar-refractivity contribution in [3.63, 3.8) is 0 Å². The smallest absolute Gasteiger partial charge is 0.238 e. The lowest BCUT2D eigenvalue weighted by Crippen LogP contribution is -2.13. The van der Waals surface area contributed by atoms with Gasteiger partial charge in [0.1, 0.15) is 5.92 Å². The van der Waals surface area contributed by atoms with Crippen molar-refractivity contribution in [2.75, 3.05) is 5.32 Å². The minimum atomic E-state index is -3.72. The lowest BCUT2D eigenvalue weighted by molar-refractivity contribution is -0.115. The molecular formula is C17H17N3O3S. The number of hydrogen-bond donors (Lipinski definition) is 2. The van der Waals surface area contributed by atoms with Gasteiger partial charge in [0.05, 0.1) is 10.6 Å². The molecule has 124 valence electrons. The van der Waals surface area contributed by atoms with E-state index in [0.29, 0.717) is 5.69 Å². The molecule has 2 aromatic rings. The molecule has 0 fully saturated rings. The van der Waals surface area contributed by atoms with Gasteiger partial charge in [-0.25, -0.2) is 13.6 Å². The van der Waals surface area contributed by atoms with E-state index in [1.165, 1.54) is 12.1 Å². The molecule has 1 amide bonds. The third kappa shape index (κ3) is 3.08. The van der Waals surface area contributed by atoms with E-state index >= 15 is 0 Å². The Balaban J connectivity index is 1.90. The van der Waals surface area contributed by atoms with Gasteiger partial charge in [0, 0.05) is 11.9 Å². The first-order chi connectivity index (χ1) is 11.3. The Hall–Kier alpha value is -2.51. The number of hydrogen-bond acceptors (Lipinski definition) is 4. The number of aryl methyl sites for hydroxylation is 2. The highest BCUT2D eigenvalue weighted by Crippen LogP contribution is 2.35. The van der Waals surface area contributed by atoms with E-state index in [9.17, 15) is 13.2 Å². The van der Waals surface area contributed by atoms with Gasteiger partial charge >= 0.3 is 0 Å². The molecule has 1 aliphatic rings. The Kier molecular flexibility index (Phi) is 3.98. The summed E-state index contributed by atoms with van der Waals surface area (Å²) in [6.45, 7) is 3.94. The van der Waals surface area contributed by atoms with E-state index in [2.05, 4.69) is 10.3 Å². The third-order valence-electron chi connectivity index (χ3n) is 3.91. The van der Waals surface area contributed by atoms with E-state index in [1.54, 1.807) is 18.3 Å². The molecule has 1 heterocycles. The van der Waals surface area contributed by atoms with Crippen molar-refractivity contribution in [3.8, 4) is 0 Å². The van der Waals surface area contributed by atoms with Crippen LogP contribution in [0.3, 0.4) is 0 Å². The van der Waals surface area contributed by atoms with Crippen LogP contribution in [0.5, 0.6) is 0 Å². The van der Waals surface area contributed by atoms with Gasteiger partial charge in [-0.15, -0.1) is 0 Å².